The van der Waals surface area contributed by atoms with E-state index in [1.54, 1.807) is 0 Å². The second-order valence-electron chi connectivity index (χ2n) is 5.77. The van der Waals surface area contributed by atoms with E-state index in [-0.39, 0.29) is 0 Å². The van der Waals surface area contributed by atoms with Gasteiger partial charge in [0.25, 0.3) is 0 Å². The molecule has 1 aromatic rings. The molecule has 0 radical (unpaired) electrons. The molecule has 3 rings (SSSR count). The van der Waals surface area contributed by atoms with E-state index in [1.165, 1.54) is 12.0 Å². The largest absolute Gasteiger partial charge is 0.481 e. The van der Waals surface area contributed by atoms with Gasteiger partial charge >= 0.3 is 5.97 Å². The lowest BCUT2D eigenvalue weighted by Gasteiger charge is -2.38. The second kappa shape index (κ2) is 5.20. The van der Waals surface area contributed by atoms with Gasteiger partial charge in [-0.2, -0.15) is 11.8 Å². The van der Waals surface area contributed by atoms with Crippen molar-refractivity contribution in [2.75, 3.05) is 11.5 Å². The van der Waals surface area contributed by atoms with Crippen LogP contribution in [-0.4, -0.2) is 22.6 Å². The number of hydrogen-bond acceptors (Lipinski definition) is 2. The Morgan fingerprint density at radius 3 is 2.42 bits per heavy atom. The van der Waals surface area contributed by atoms with Gasteiger partial charge in [0.2, 0.25) is 0 Å². The summed E-state index contributed by atoms with van der Waals surface area (Å²) in [5, 5.41) is 9.83. The molecule has 2 aliphatic rings. The highest BCUT2D eigenvalue weighted by atomic mass is 32.2. The van der Waals surface area contributed by atoms with Crippen LogP contribution in [0, 0.1) is 0 Å². The van der Waals surface area contributed by atoms with Crippen LogP contribution in [0.5, 0.6) is 0 Å². The van der Waals surface area contributed by atoms with Crippen LogP contribution in [0.2, 0.25) is 0 Å². The maximum Gasteiger partial charge on any atom is 0.314 e. The molecule has 2 nitrogen and oxygen atoms in total. The molecular formula is C16H20O2S. The third-order valence-electron chi connectivity index (χ3n) is 4.67. The zero-order valence-electron chi connectivity index (χ0n) is 11.1. The molecule has 1 saturated heterocycles. The number of carbonyl (C=O) groups is 1. The Morgan fingerprint density at radius 1 is 1.16 bits per heavy atom. The average molecular weight is 276 g/mol. The average Bonchev–Trinajstić information content (AvgIpc) is 2.38. The van der Waals surface area contributed by atoms with Crippen molar-refractivity contribution in [3.63, 3.8) is 0 Å². The molecule has 2 fully saturated rings. The number of aliphatic carboxylic acids is 1. The predicted molar refractivity (Wildman–Crippen MR) is 78.9 cm³/mol. The van der Waals surface area contributed by atoms with Gasteiger partial charge in [-0.3, -0.25) is 4.79 Å². The third kappa shape index (κ3) is 2.18. The Bertz CT molecular complexity index is 473. The lowest BCUT2D eigenvalue weighted by molar-refractivity contribution is -0.145. The van der Waals surface area contributed by atoms with Crippen molar-refractivity contribution in [1.82, 2.24) is 0 Å². The molecule has 1 N–H and O–H groups in total. The second-order valence-corrected chi connectivity index (χ2v) is 6.84. The molecule has 102 valence electrons. The van der Waals surface area contributed by atoms with Crippen molar-refractivity contribution >= 4 is 17.7 Å². The van der Waals surface area contributed by atoms with Crippen LogP contribution in [0.15, 0.2) is 24.3 Å². The Morgan fingerprint density at radius 2 is 1.84 bits per heavy atom. The molecule has 1 saturated carbocycles. The van der Waals surface area contributed by atoms with Crippen LogP contribution in [0.1, 0.15) is 49.1 Å². The first-order chi connectivity index (χ1) is 9.24. The summed E-state index contributed by atoms with van der Waals surface area (Å²) in [6.07, 6.45) is 4.87. The van der Waals surface area contributed by atoms with Gasteiger partial charge in [0, 0.05) is 17.4 Å². The lowest BCUT2D eigenvalue weighted by Crippen LogP contribution is -2.39. The van der Waals surface area contributed by atoms with Gasteiger partial charge in [0.1, 0.15) is 0 Å². The van der Waals surface area contributed by atoms with Crippen LogP contribution in [-0.2, 0) is 10.2 Å². The summed E-state index contributed by atoms with van der Waals surface area (Å²) in [5.41, 5.74) is 1.79. The number of carboxylic acids is 1. The van der Waals surface area contributed by atoms with Gasteiger partial charge in [0.05, 0.1) is 5.41 Å². The fraction of sp³-hybridized carbons (Fsp3) is 0.562. The number of carboxylic acid groups (broad SMARTS) is 1. The van der Waals surface area contributed by atoms with Gasteiger partial charge in [-0.15, -0.1) is 0 Å². The number of benzene rings is 1. The summed E-state index contributed by atoms with van der Waals surface area (Å²) in [6, 6.07) is 8.28. The molecule has 1 aromatic carbocycles. The van der Waals surface area contributed by atoms with Gasteiger partial charge in [-0.1, -0.05) is 43.5 Å². The normalized spacial score (nSPS) is 22.7. The molecule has 1 aliphatic heterocycles. The molecule has 0 aromatic heterocycles. The van der Waals surface area contributed by atoms with Crippen LogP contribution in [0.4, 0.5) is 0 Å². The van der Waals surface area contributed by atoms with E-state index in [1.807, 2.05) is 17.8 Å². The molecule has 1 heterocycles. The summed E-state index contributed by atoms with van der Waals surface area (Å²) in [4.78, 5) is 12.0. The summed E-state index contributed by atoms with van der Waals surface area (Å²) < 4.78 is 0. The number of hydrogen-bond donors (Lipinski definition) is 1. The maximum absolute atomic E-state index is 12.0. The van der Waals surface area contributed by atoms with Crippen molar-refractivity contribution in [3.8, 4) is 0 Å². The molecule has 3 heteroatoms. The molecule has 1 aliphatic carbocycles. The number of thioether (sulfide) groups is 1. The SMILES string of the molecule is O=C(O)C1(c2ccccc2C2CSC2)CCCCC1. The minimum Gasteiger partial charge on any atom is -0.481 e. The van der Waals surface area contributed by atoms with E-state index < -0.39 is 11.4 Å². The summed E-state index contributed by atoms with van der Waals surface area (Å²) in [6.45, 7) is 0. The standard InChI is InChI=1S/C16H20O2S/c17-15(18)16(8-4-1-5-9-16)14-7-3-2-6-13(14)12-10-19-11-12/h2-3,6-7,12H,1,4-5,8-11H2,(H,17,18). The van der Waals surface area contributed by atoms with E-state index in [9.17, 15) is 9.90 Å². The number of rotatable bonds is 3. The van der Waals surface area contributed by atoms with Gasteiger partial charge in [0.15, 0.2) is 0 Å². The summed E-state index contributed by atoms with van der Waals surface area (Å²) in [5.74, 6) is 2.24. The Hall–Kier alpha value is -0.960. The molecular weight excluding hydrogens is 256 g/mol. The zero-order valence-corrected chi connectivity index (χ0v) is 11.9. The summed E-state index contributed by atoms with van der Waals surface area (Å²) in [7, 11) is 0. The van der Waals surface area contributed by atoms with Crippen LogP contribution in [0.3, 0.4) is 0 Å². The first-order valence-electron chi connectivity index (χ1n) is 7.14. The van der Waals surface area contributed by atoms with Crippen LogP contribution in [0.25, 0.3) is 0 Å². The Kier molecular flexibility index (Phi) is 3.57. The molecule has 0 bridgehead atoms. The van der Waals surface area contributed by atoms with Gasteiger partial charge in [-0.05, 0) is 24.0 Å². The van der Waals surface area contributed by atoms with Gasteiger partial charge < -0.3 is 5.11 Å². The molecule has 19 heavy (non-hydrogen) atoms. The van der Waals surface area contributed by atoms with Crippen molar-refractivity contribution in [2.24, 2.45) is 0 Å². The van der Waals surface area contributed by atoms with E-state index in [4.69, 9.17) is 0 Å². The van der Waals surface area contributed by atoms with Crippen LogP contribution < -0.4 is 0 Å². The first kappa shape index (κ1) is 13.0. The van der Waals surface area contributed by atoms with E-state index in [0.29, 0.717) is 5.92 Å². The fourth-order valence-corrected chi connectivity index (χ4v) is 4.29. The Labute approximate surface area is 118 Å². The third-order valence-corrected chi connectivity index (χ3v) is 5.95. The first-order valence-corrected chi connectivity index (χ1v) is 8.30. The van der Waals surface area contributed by atoms with Crippen molar-refractivity contribution < 1.29 is 9.90 Å². The highest BCUT2D eigenvalue weighted by molar-refractivity contribution is 8.00. The van der Waals surface area contributed by atoms with Crippen molar-refractivity contribution in [1.29, 1.82) is 0 Å². The van der Waals surface area contributed by atoms with Crippen molar-refractivity contribution in [2.45, 2.75) is 43.4 Å². The maximum atomic E-state index is 12.0. The minimum atomic E-state index is -0.619. The van der Waals surface area contributed by atoms with E-state index in [0.717, 1.165) is 42.8 Å². The van der Waals surface area contributed by atoms with Crippen LogP contribution >= 0.6 is 11.8 Å². The molecule has 0 amide bonds. The molecule has 0 spiro atoms. The molecule has 0 atom stereocenters. The molecule has 0 unspecified atom stereocenters. The topological polar surface area (TPSA) is 37.3 Å². The Balaban J connectivity index is 2.04. The quantitative estimate of drug-likeness (QED) is 0.912. The summed E-state index contributed by atoms with van der Waals surface area (Å²) >= 11 is 1.96. The lowest BCUT2D eigenvalue weighted by atomic mass is 9.67. The van der Waals surface area contributed by atoms with E-state index >= 15 is 0 Å². The van der Waals surface area contributed by atoms with E-state index in [2.05, 4.69) is 18.2 Å². The highest BCUT2D eigenvalue weighted by Crippen LogP contribution is 2.45. The minimum absolute atomic E-state index is 0.569. The zero-order chi connectivity index (χ0) is 13.3. The van der Waals surface area contributed by atoms with Crippen molar-refractivity contribution in [3.05, 3.63) is 35.4 Å². The smallest absolute Gasteiger partial charge is 0.314 e. The highest BCUT2D eigenvalue weighted by Gasteiger charge is 2.43. The fourth-order valence-electron chi connectivity index (χ4n) is 3.46. The predicted octanol–water partition coefficient (Wildman–Crippen LogP) is 3.80. The monoisotopic (exact) mass is 276 g/mol. The van der Waals surface area contributed by atoms with Gasteiger partial charge in [-0.25, -0.2) is 0 Å².